The highest BCUT2D eigenvalue weighted by molar-refractivity contribution is 7.09. The van der Waals surface area contributed by atoms with Crippen LogP contribution in [0.2, 0.25) is 0 Å². The summed E-state index contributed by atoms with van der Waals surface area (Å²) in [5.41, 5.74) is 0.945. The Morgan fingerprint density at radius 3 is 3.17 bits per heavy atom. The smallest absolute Gasteiger partial charge is 0.217 e. The predicted octanol–water partition coefficient (Wildman–Crippen LogP) is 2.15. The van der Waals surface area contributed by atoms with Gasteiger partial charge in [-0.1, -0.05) is 0 Å². The molecule has 0 spiro atoms. The van der Waals surface area contributed by atoms with Crippen molar-refractivity contribution in [2.75, 3.05) is 13.1 Å². The highest BCUT2D eigenvalue weighted by Crippen LogP contribution is 2.27. The Hall–Kier alpha value is -0.650. The maximum Gasteiger partial charge on any atom is 0.217 e. The lowest BCUT2D eigenvalue weighted by atomic mass is 10.2. The number of alkyl halides is 1. The third-order valence-corrected chi connectivity index (χ3v) is 4.58. The van der Waals surface area contributed by atoms with Gasteiger partial charge in [0.15, 0.2) is 0 Å². The SMILES string of the molecule is CC(=O)NC1CCN(C(C)c2nc(CCl)cs2)C1. The van der Waals surface area contributed by atoms with E-state index in [1.54, 1.807) is 18.3 Å². The second kappa shape index (κ2) is 5.99. The third-order valence-electron chi connectivity index (χ3n) is 3.24. The molecule has 2 unspecified atom stereocenters. The molecule has 1 amide bonds. The molecule has 6 heteroatoms. The summed E-state index contributed by atoms with van der Waals surface area (Å²) in [6, 6.07) is 0.572. The van der Waals surface area contributed by atoms with Gasteiger partial charge in [0.05, 0.1) is 17.6 Å². The molecule has 1 aliphatic heterocycles. The van der Waals surface area contributed by atoms with Gasteiger partial charge < -0.3 is 5.32 Å². The highest BCUT2D eigenvalue weighted by atomic mass is 35.5. The van der Waals surface area contributed by atoms with Crippen LogP contribution in [0.3, 0.4) is 0 Å². The van der Waals surface area contributed by atoms with E-state index in [9.17, 15) is 4.79 Å². The minimum atomic E-state index is 0.0492. The van der Waals surface area contributed by atoms with E-state index < -0.39 is 0 Å². The number of carbonyl (C=O) groups is 1. The molecule has 0 aromatic carbocycles. The molecule has 0 radical (unpaired) electrons. The summed E-state index contributed by atoms with van der Waals surface area (Å²) < 4.78 is 0. The fourth-order valence-electron chi connectivity index (χ4n) is 2.28. The van der Waals surface area contributed by atoms with Crippen LogP contribution in [-0.4, -0.2) is 34.9 Å². The Bertz CT molecular complexity index is 423. The number of aromatic nitrogens is 1. The number of hydrogen-bond donors (Lipinski definition) is 1. The topological polar surface area (TPSA) is 45.2 Å². The quantitative estimate of drug-likeness (QED) is 0.863. The zero-order valence-corrected chi connectivity index (χ0v) is 12.2. The van der Waals surface area contributed by atoms with E-state index in [-0.39, 0.29) is 11.9 Å². The van der Waals surface area contributed by atoms with Gasteiger partial charge in [-0.15, -0.1) is 22.9 Å². The summed E-state index contributed by atoms with van der Waals surface area (Å²) in [6.07, 6.45) is 1.01. The Labute approximate surface area is 116 Å². The molecule has 4 nitrogen and oxygen atoms in total. The first-order chi connectivity index (χ1) is 8.60. The number of rotatable bonds is 4. The first kappa shape index (κ1) is 13.8. The first-order valence-electron chi connectivity index (χ1n) is 6.11. The molecule has 2 rings (SSSR count). The van der Waals surface area contributed by atoms with Crippen LogP contribution in [0.15, 0.2) is 5.38 Å². The molecule has 0 aliphatic carbocycles. The van der Waals surface area contributed by atoms with Gasteiger partial charge in [0.25, 0.3) is 0 Å². The van der Waals surface area contributed by atoms with Gasteiger partial charge in [0.2, 0.25) is 5.91 Å². The maximum absolute atomic E-state index is 11.0. The van der Waals surface area contributed by atoms with Crippen LogP contribution in [0.5, 0.6) is 0 Å². The Balaban J connectivity index is 1.94. The largest absolute Gasteiger partial charge is 0.352 e. The van der Waals surface area contributed by atoms with Gasteiger partial charge in [-0.25, -0.2) is 4.98 Å². The molecule has 2 heterocycles. The molecular formula is C12H18ClN3OS. The van der Waals surface area contributed by atoms with Gasteiger partial charge in [-0.05, 0) is 13.3 Å². The van der Waals surface area contributed by atoms with E-state index in [0.717, 1.165) is 30.2 Å². The molecule has 1 N–H and O–H groups in total. The normalized spacial score (nSPS) is 22.1. The molecule has 100 valence electrons. The molecule has 1 saturated heterocycles. The van der Waals surface area contributed by atoms with Crippen LogP contribution in [-0.2, 0) is 10.7 Å². The average molecular weight is 288 g/mol. The molecule has 1 fully saturated rings. The fourth-order valence-corrected chi connectivity index (χ4v) is 3.41. The van der Waals surface area contributed by atoms with Gasteiger partial charge in [-0.3, -0.25) is 9.69 Å². The van der Waals surface area contributed by atoms with Crippen molar-refractivity contribution in [3.63, 3.8) is 0 Å². The monoisotopic (exact) mass is 287 g/mol. The van der Waals surface area contributed by atoms with Crippen LogP contribution < -0.4 is 5.32 Å². The van der Waals surface area contributed by atoms with Crippen LogP contribution in [0, 0.1) is 0 Å². The average Bonchev–Trinajstić information content (AvgIpc) is 2.95. The number of hydrogen-bond acceptors (Lipinski definition) is 4. The maximum atomic E-state index is 11.0. The summed E-state index contributed by atoms with van der Waals surface area (Å²) in [4.78, 5) is 17.9. The summed E-state index contributed by atoms with van der Waals surface area (Å²) in [5.74, 6) is 0.519. The molecule has 18 heavy (non-hydrogen) atoms. The Morgan fingerprint density at radius 2 is 2.56 bits per heavy atom. The summed E-state index contributed by atoms with van der Waals surface area (Å²) in [7, 11) is 0. The minimum absolute atomic E-state index is 0.0492. The summed E-state index contributed by atoms with van der Waals surface area (Å²) in [6.45, 7) is 5.63. The molecule has 1 aromatic heterocycles. The van der Waals surface area contributed by atoms with Crippen LogP contribution >= 0.6 is 22.9 Å². The van der Waals surface area contributed by atoms with Crippen molar-refractivity contribution in [1.82, 2.24) is 15.2 Å². The standard InChI is InChI=1S/C12H18ClN3OS/c1-8(12-15-11(5-13)7-18-12)16-4-3-10(6-16)14-9(2)17/h7-8,10H,3-6H2,1-2H3,(H,14,17). The van der Waals surface area contributed by atoms with Crippen molar-refractivity contribution in [3.8, 4) is 0 Å². The molecule has 0 bridgehead atoms. The van der Waals surface area contributed by atoms with E-state index in [4.69, 9.17) is 11.6 Å². The van der Waals surface area contributed by atoms with E-state index in [1.165, 1.54) is 0 Å². The zero-order valence-electron chi connectivity index (χ0n) is 10.6. The zero-order chi connectivity index (χ0) is 13.1. The molecule has 0 saturated carbocycles. The van der Waals surface area contributed by atoms with Crippen molar-refractivity contribution in [2.24, 2.45) is 0 Å². The van der Waals surface area contributed by atoms with Crippen molar-refractivity contribution < 1.29 is 4.79 Å². The number of amides is 1. The van der Waals surface area contributed by atoms with E-state index in [2.05, 4.69) is 22.1 Å². The molecule has 2 atom stereocenters. The van der Waals surface area contributed by atoms with Crippen molar-refractivity contribution in [1.29, 1.82) is 0 Å². The van der Waals surface area contributed by atoms with Gasteiger partial charge in [0.1, 0.15) is 5.01 Å². The van der Waals surface area contributed by atoms with Crippen LogP contribution in [0.4, 0.5) is 0 Å². The number of likely N-dealkylation sites (tertiary alicyclic amines) is 1. The second-order valence-electron chi connectivity index (χ2n) is 4.67. The minimum Gasteiger partial charge on any atom is -0.352 e. The lowest BCUT2D eigenvalue weighted by Gasteiger charge is -2.22. The van der Waals surface area contributed by atoms with Crippen molar-refractivity contribution in [3.05, 3.63) is 16.1 Å². The van der Waals surface area contributed by atoms with Crippen molar-refractivity contribution in [2.45, 2.75) is 38.2 Å². The number of nitrogens with one attached hydrogen (secondary N) is 1. The Kier molecular flexibility index (Phi) is 4.59. The van der Waals surface area contributed by atoms with E-state index in [0.29, 0.717) is 11.9 Å². The van der Waals surface area contributed by atoms with Crippen molar-refractivity contribution >= 4 is 28.8 Å². The predicted molar refractivity (Wildman–Crippen MR) is 73.9 cm³/mol. The third kappa shape index (κ3) is 3.22. The number of thiazole rings is 1. The number of halogens is 1. The van der Waals surface area contributed by atoms with Crippen LogP contribution in [0.25, 0.3) is 0 Å². The molecular weight excluding hydrogens is 270 g/mol. The van der Waals surface area contributed by atoms with Crippen LogP contribution in [0.1, 0.15) is 37.0 Å². The molecule has 1 aromatic rings. The Morgan fingerprint density at radius 1 is 1.78 bits per heavy atom. The summed E-state index contributed by atoms with van der Waals surface area (Å²) >= 11 is 7.43. The fraction of sp³-hybridized carbons (Fsp3) is 0.667. The lowest BCUT2D eigenvalue weighted by Crippen LogP contribution is -2.36. The molecule has 1 aliphatic rings. The van der Waals surface area contributed by atoms with Gasteiger partial charge in [-0.2, -0.15) is 0 Å². The highest BCUT2D eigenvalue weighted by Gasteiger charge is 2.28. The van der Waals surface area contributed by atoms with E-state index >= 15 is 0 Å². The lowest BCUT2D eigenvalue weighted by molar-refractivity contribution is -0.119. The second-order valence-corrected chi connectivity index (χ2v) is 5.82. The van der Waals surface area contributed by atoms with Gasteiger partial charge in [0, 0.05) is 31.4 Å². The first-order valence-corrected chi connectivity index (χ1v) is 7.53. The number of carbonyl (C=O) groups excluding carboxylic acids is 1. The van der Waals surface area contributed by atoms with E-state index in [1.807, 2.05) is 5.38 Å². The summed E-state index contributed by atoms with van der Waals surface area (Å²) in [5, 5.41) is 6.10. The van der Waals surface area contributed by atoms with Gasteiger partial charge >= 0.3 is 0 Å². The number of nitrogens with zero attached hydrogens (tertiary/aromatic N) is 2.